The number of imidazole rings is 1. The lowest BCUT2D eigenvalue weighted by atomic mass is 10.1. The summed E-state index contributed by atoms with van der Waals surface area (Å²) in [5, 5.41) is 0. The number of fused-ring (bicyclic) bond motifs is 1. The first-order valence-corrected chi connectivity index (χ1v) is 6.82. The summed E-state index contributed by atoms with van der Waals surface area (Å²) in [6, 6.07) is 9.52. The van der Waals surface area contributed by atoms with E-state index in [-0.39, 0.29) is 5.91 Å². The number of para-hydroxylation sites is 1. The van der Waals surface area contributed by atoms with Crippen LogP contribution in [0, 0.1) is 0 Å². The number of aromatic nitrogens is 3. The van der Waals surface area contributed by atoms with E-state index in [2.05, 4.69) is 15.0 Å². The fourth-order valence-electron chi connectivity index (χ4n) is 2.29. The highest BCUT2D eigenvalue weighted by molar-refractivity contribution is 6.04. The van der Waals surface area contributed by atoms with Crippen molar-refractivity contribution in [3.8, 4) is 0 Å². The Morgan fingerprint density at radius 1 is 1.24 bits per heavy atom. The maximum atomic E-state index is 12.5. The quantitative estimate of drug-likeness (QED) is 0.797. The van der Waals surface area contributed by atoms with Gasteiger partial charge in [-0.25, -0.2) is 4.98 Å². The van der Waals surface area contributed by atoms with E-state index in [0.29, 0.717) is 12.1 Å². The molecule has 0 unspecified atom stereocenters. The van der Waals surface area contributed by atoms with E-state index in [4.69, 9.17) is 0 Å². The summed E-state index contributed by atoms with van der Waals surface area (Å²) in [5.74, 6) is -0.0123. The molecule has 0 aliphatic carbocycles. The van der Waals surface area contributed by atoms with Gasteiger partial charge in [0.1, 0.15) is 5.52 Å². The van der Waals surface area contributed by atoms with Crippen molar-refractivity contribution < 1.29 is 4.79 Å². The summed E-state index contributed by atoms with van der Waals surface area (Å²) < 4.78 is 0. The van der Waals surface area contributed by atoms with E-state index in [1.807, 2.05) is 37.4 Å². The molecule has 0 aliphatic heterocycles. The summed E-state index contributed by atoms with van der Waals surface area (Å²) in [6.07, 6.45) is 5.95. The first kappa shape index (κ1) is 13.3. The van der Waals surface area contributed by atoms with Gasteiger partial charge in [0.2, 0.25) is 0 Å². The number of benzene rings is 1. The average molecular weight is 280 g/mol. The Labute approximate surface area is 122 Å². The van der Waals surface area contributed by atoms with Crippen LogP contribution in [0.2, 0.25) is 0 Å². The second kappa shape index (κ2) is 5.75. The Kier molecular flexibility index (Phi) is 3.64. The van der Waals surface area contributed by atoms with Crippen molar-refractivity contribution in [3.63, 3.8) is 0 Å². The van der Waals surface area contributed by atoms with Crippen LogP contribution in [0.4, 0.5) is 0 Å². The van der Waals surface area contributed by atoms with Gasteiger partial charge in [-0.15, -0.1) is 0 Å². The van der Waals surface area contributed by atoms with Crippen molar-refractivity contribution >= 4 is 16.9 Å². The van der Waals surface area contributed by atoms with Crippen molar-refractivity contribution in [2.75, 3.05) is 13.6 Å². The molecule has 3 aromatic rings. The van der Waals surface area contributed by atoms with Crippen LogP contribution in [0.25, 0.3) is 11.0 Å². The predicted molar refractivity (Wildman–Crippen MR) is 81.0 cm³/mol. The highest BCUT2D eigenvalue weighted by atomic mass is 16.2. The maximum absolute atomic E-state index is 12.5. The summed E-state index contributed by atoms with van der Waals surface area (Å²) in [4.78, 5) is 25.5. The highest BCUT2D eigenvalue weighted by Gasteiger charge is 2.15. The van der Waals surface area contributed by atoms with Gasteiger partial charge in [-0.1, -0.05) is 6.07 Å². The Hall–Kier alpha value is -2.69. The van der Waals surface area contributed by atoms with Crippen LogP contribution in [-0.4, -0.2) is 39.4 Å². The van der Waals surface area contributed by atoms with E-state index in [0.717, 1.165) is 17.5 Å². The number of rotatable bonds is 4. The number of H-pyrrole nitrogens is 1. The Morgan fingerprint density at radius 2 is 2.05 bits per heavy atom. The fourth-order valence-corrected chi connectivity index (χ4v) is 2.29. The van der Waals surface area contributed by atoms with Gasteiger partial charge in [0.15, 0.2) is 0 Å². The summed E-state index contributed by atoms with van der Waals surface area (Å²) in [7, 11) is 1.81. The van der Waals surface area contributed by atoms with Crippen LogP contribution < -0.4 is 0 Å². The van der Waals surface area contributed by atoms with Gasteiger partial charge in [-0.2, -0.15) is 0 Å². The molecule has 0 saturated heterocycles. The predicted octanol–water partition coefficient (Wildman–Crippen LogP) is 2.27. The molecule has 5 nitrogen and oxygen atoms in total. The molecular weight excluding hydrogens is 264 g/mol. The number of likely N-dealkylation sites (N-methyl/N-ethyl adjacent to an activating group) is 1. The van der Waals surface area contributed by atoms with Crippen molar-refractivity contribution in [1.29, 1.82) is 0 Å². The molecule has 0 radical (unpaired) electrons. The summed E-state index contributed by atoms with van der Waals surface area (Å²) in [6.45, 7) is 0.656. The number of pyridine rings is 1. The Bertz CT molecular complexity index is 751. The molecule has 2 aromatic heterocycles. The van der Waals surface area contributed by atoms with Crippen LogP contribution >= 0.6 is 0 Å². The third kappa shape index (κ3) is 2.76. The lowest BCUT2D eigenvalue weighted by Crippen LogP contribution is -2.29. The summed E-state index contributed by atoms with van der Waals surface area (Å²) in [5.41, 5.74) is 3.40. The SMILES string of the molecule is CN(CCc1ccncc1)C(=O)c1cccc2[nH]cnc12. The van der Waals surface area contributed by atoms with E-state index >= 15 is 0 Å². The lowest BCUT2D eigenvalue weighted by molar-refractivity contribution is 0.0798. The van der Waals surface area contributed by atoms with E-state index in [1.165, 1.54) is 5.56 Å². The molecule has 0 spiro atoms. The van der Waals surface area contributed by atoms with Gasteiger partial charge in [0, 0.05) is 26.0 Å². The molecule has 0 aliphatic rings. The number of carbonyl (C=O) groups excluding carboxylic acids is 1. The molecule has 106 valence electrons. The number of carbonyl (C=O) groups is 1. The molecule has 0 saturated carbocycles. The van der Waals surface area contributed by atoms with Gasteiger partial charge in [0.25, 0.3) is 5.91 Å². The van der Waals surface area contributed by atoms with Crippen LogP contribution in [0.15, 0.2) is 49.1 Å². The third-order valence-corrected chi connectivity index (χ3v) is 3.51. The molecule has 0 fully saturated rings. The highest BCUT2D eigenvalue weighted by Crippen LogP contribution is 2.16. The van der Waals surface area contributed by atoms with Crippen LogP contribution in [0.1, 0.15) is 15.9 Å². The molecule has 1 aromatic carbocycles. The van der Waals surface area contributed by atoms with E-state index < -0.39 is 0 Å². The molecule has 0 atom stereocenters. The molecular formula is C16H16N4O. The molecule has 3 rings (SSSR count). The molecule has 5 heteroatoms. The standard InChI is InChI=1S/C16H16N4O/c1-20(10-7-12-5-8-17-9-6-12)16(21)13-3-2-4-14-15(13)19-11-18-14/h2-6,8-9,11H,7,10H2,1H3,(H,18,19). The number of aromatic amines is 1. The molecule has 1 N–H and O–H groups in total. The van der Waals surface area contributed by atoms with Crippen molar-refractivity contribution in [3.05, 3.63) is 60.2 Å². The molecule has 0 bridgehead atoms. The number of nitrogens with zero attached hydrogens (tertiary/aromatic N) is 3. The number of hydrogen-bond acceptors (Lipinski definition) is 3. The fraction of sp³-hybridized carbons (Fsp3) is 0.188. The zero-order chi connectivity index (χ0) is 14.7. The minimum atomic E-state index is -0.0123. The average Bonchev–Trinajstić information content (AvgIpc) is 3.01. The van der Waals surface area contributed by atoms with Crippen LogP contribution in [0.3, 0.4) is 0 Å². The smallest absolute Gasteiger partial charge is 0.255 e. The minimum absolute atomic E-state index is 0.0123. The first-order valence-electron chi connectivity index (χ1n) is 6.82. The summed E-state index contributed by atoms with van der Waals surface area (Å²) >= 11 is 0. The Balaban J connectivity index is 1.74. The lowest BCUT2D eigenvalue weighted by Gasteiger charge is -2.17. The topological polar surface area (TPSA) is 61.9 Å². The van der Waals surface area contributed by atoms with Gasteiger partial charge in [0.05, 0.1) is 17.4 Å². The number of hydrogen-bond donors (Lipinski definition) is 1. The van der Waals surface area contributed by atoms with E-state index in [1.54, 1.807) is 23.6 Å². The second-order valence-electron chi connectivity index (χ2n) is 4.94. The van der Waals surface area contributed by atoms with E-state index in [9.17, 15) is 4.79 Å². The monoisotopic (exact) mass is 280 g/mol. The third-order valence-electron chi connectivity index (χ3n) is 3.51. The van der Waals surface area contributed by atoms with Crippen molar-refractivity contribution in [1.82, 2.24) is 19.9 Å². The largest absolute Gasteiger partial charge is 0.345 e. The zero-order valence-corrected chi connectivity index (χ0v) is 11.8. The molecule has 1 amide bonds. The minimum Gasteiger partial charge on any atom is -0.345 e. The van der Waals surface area contributed by atoms with Crippen LogP contribution in [0.5, 0.6) is 0 Å². The number of amides is 1. The van der Waals surface area contributed by atoms with Gasteiger partial charge in [-0.3, -0.25) is 9.78 Å². The number of nitrogens with one attached hydrogen (secondary N) is 1. The maximum Gasteiger partial charge on any atom is 0.255 e. The first-order chi connectivity index (χ1) is 10.3. The van der Waals surface area contributed by atoms with Crippen LogP contribution in [-0.2, 0) is 6.42 Å². The van der Waals surface area contributed by atoms with Gasteiger partial charge >= 0.3 is 0 Å². The van der Waals surface area contributed by atoms with Gasteiger partial charge in [-0.05, 0) is 36.2 Å². The van der Waals surface area contributed by atoms with Crippen molar-refractivity contribution in [2.24, 2.45) is 0 Å². The molecule has 21 heavy (non-hydrogen) atoms. The van der Waals surface area contributed by atoms with Gasteiger partial charge < -0.3 is 9.88 Å². The zero-order valence-electron chi connectivity index (χ0n) is 11.8. The molecule has 2 heterocycles. The normalized spacial score (nSPS) is 10.7. The second-order valence-corrected chi connectivity index (χ2v) is 4.94. The Morgan fingerprint density at radius 3 is 2.86 bits per heavy atom. The van der Waals surface area contributed by atoms with Crippen molar-refractivity contribution in [2.45, 2.75) is 6.42 Å².